The lowest BCUT2D eigenvalue weighted by Crippen LogP contribution is -2.13. The number of hydrogen-bond acceptors (Lipinski definition) is 5. The second-order valence-corrected chi connectivity index (χ2v) is 4.77. The van der Waals surface area contributed by atoms with E-state index in [9.17, 15) is 4.79 Å². The predicted molar refractivity (Wildman–Crippen MR) is 76.6 cm³/mol. The number of halogens is 1. The van der Waals surface area contributed by atoms with Gasteiger partial charge in [-0.3, -0.25) is 0 Å². The number of ether oxygens (including phenoxy) is 1. The van der Waals surface area contributed by atoms with Crippen LogP contribution in [0.4, 0.5) is 0 Å². The standard InChI is InChI=1S/C13H13BrN4O2/c1-2-20-13(19)11(8-18-9-15-16-17-18)7-10-5-3-4-6-12(10)14/h3-7,9H,2,8H2,1H3/b11-7+. The molecule has 0 fully saturated rings. The van der Waals surface area contributed by atoms with E-state index in [1.54, 1.807) is 13.0 Å². The molecule has 7 heteroatoms. The fourth-order valence-corrected chi connectivity index (χ4v) is 2.00. The van der Waals surface area contributed by atoms with Crippen molar-refractivity contribution in [2.24, 2.45) is 0 Å². The minimum absolute atomic E-state index is 0.257. The molecule has 1 aromatic carbocycles. The number of benzene rings is 1. The van der Waals surface area contributed by atoms with Crippen molar-refractivity contribution in [3.8, 4) is 0 Å². The molecule has 2 aromatic rings. The molecule has 0 saturated carbocycles. The summed E-state index contributed by atoms with van der Waals surface area (Å²) in [6, 6.07) is 7.62. The molecule has 0 bridgehead atoms. The zero-order valence-electron chi connectivity index (χ0n) is 10.9. The Bertz CT molecular complexity index is 611. The highest BCUT2D eigenvalue weighted by atomic mass is 79.9. The van der Waals surface area contributed by atoms with E-state index in [0.29, 0.717) is 12.2 Å². The van der Waals surface area contributed by atoms with Crippen LogP contribution >= 0.6 is 15.9 Å². The normalized spacial score (nSPS) is 11.4. The first-order valence-electron chi connectivity index (χ1n) is 6.03. The number of carbonyl (C=O) groups is 1. The molecule has 2 rings (SSSR count). The first-order chi connectivity index (χ1) is 9.70. The van der Waals surface area contributed by atoms with E-state index in [4.69, 9.17) is 4.74 Å². The highest BCUT2D eigenvalue weighted by molar-refractivity contribution is 9.10. The molecule has 0 spiro atoms. The van der Waals surface area contributed by atoms with Gasteiger partial charge < -0.3 is 4.74 Å². The molecule has 0 aliphatic heterocycles. The van der Waals surface area contributed by atoms with Crippen molar-refractivity contribution in [1.29, 1.82) is 0 Å². The first kappa shape index (κ1) is 14.4. The number of esters is 1. The van der Waals surface area contributed by atoms with E-state index in [2.05, 4.69) is 31.5 Å². The second kappa shape index (κ2) is 6.95. The summed E-state index contributed by atoms with van der Waals surface area (Å²) in [7, 11) is 0. The summed E-state index contributed by atoms with van der Waals surface area (Å²) in [5, 5.41) is 10.9. The summed E-state index contributed by atoms with van der Waals surface area (Å²) in [5.41, 5.74) is 1.37. The van der Waals surface area contributed by atoms with Gasteiger partial charge in [0.05, 0.1) is 18.7 Å². The Kier molecular flexibility index (Phi) is 5.00. The molecule has 0 amide bonds. The van der Waals surface area contributed by atoms with Crippen LogP contribution in [0.25, 0.3) is 6.08 Å². The minimum atomic E-state index is -0.376. The molecule has 0 radical (unpaired) electrons. The maximum Gasteiger partial charge on any atom is 0.335 e. The van der Waals surface area contributed by atoms with Crippen molar-refractivity contribution in [2.45, 2.75) is 13.5 Å². The number of tetrazole rings is 1. The van der Waals surface area contributed by atoms with Gasteiger partial charge in [-0.1, -0.05) is 34.1 Å². The highest BCUT2D eigenvalue weighted by Gasteiger charge is 2.13. The van der Waals surface area contributed by atoms with Gasteiger partial charge >= 0.3 is 5.97 Å². The Labute approximate surface area is 124 Å². The van der Waals surface area contributed by atoms with Gasteiger partial charge in [-0.25, -0.2) is 9.48 Å². The molecule has 104 valence electrons. The number of rotatable bonds is 5. The average Bonchev–Trinajstić information content (AvgIpc) is 2.93. The van der Waals surface area contributed by atoms with Crippen LogP contribution in [-0.2, 0) is 16.1 Å². The van der Waals surface area contributed by atoms with Crippen LogP contribution in [0.3, 0.4) is 0 Å². The van der Waals surface area contributed by atoms with Gasteiger partial charge in [0, 0.05) is 4.47 Å². The highest BCUT2D eigenvalue weighted by Crippen LogP contribution is 2.20. The van der Waals surface area contributed by atoms with E-state index in [0.717, 1.165) is 10.0 Å². The Morgan fingerprint density at radius 1 is 1.45 bits per heavy atom. The van der Waals surface area contributed by atoms with Crippen LogP contribution in [0.5, 0.6) is 0 Å². The quantitative estimate of drug-likeness (QED) is 0.617. The number of nitrogens with zero attached hydrogens (tertiary/aromatic N) is 4. The van der Waals surface area contributed by atoms with Gasteiger partial charge in [0.15, 0.2) is 0 Å². The molecule has 0 saturated heterocycles. The lowest BCUT2D eigenvalue weighted by Gasteiger charge is -2.07. The maximum absolute atomic E-state index is 12.0. The van der Waals surface area contributed by atoms with Crippen molar-refractivity contribution in [2.75, 3.05) is 6.61 Å². The van der Waals surface area contributed by atoms with Gasteiger partial charge in [-0.15, -0.1) is 5.10 Å². The Hall–Kier alpha value is -2.02. The third-order valence-corrected chi connectivity index (χ3v) is 3.22. The summed E-state index contributed by atoms with van der Waals surface area (Å²) in [6.45, 7) is 2.35. The molecule has 0 atom stereocenters. The smallest absolute Gasteiger partial charge is 0.335 e. The van der Waals surface area contributed by atoms with E-state index < -0.39 is 0 Å². The number of hydrogen-bond donors (Lipinski definition) is 0. The van der Waals surface area contributed by atoms with Gasteiger partial charge in [0.25, 0.3) is 0 Å². The van der Waals surface area contributed by atoms with E-state index >= 15 is 0 Å². The summed E-state index contributed by atoms with van der Waals surface area (Å²) in [4.78, 5) is 12.0. The van der Waals surface area contributed by atoms with E-state index in [1.807, 2.05) is 24.3 Å². The third kappa shape index (κ3) is 3.74. The Balaban J connectivity index is 2.30. The lowest BCUT2D eigenvalue weighted by atomic mass is 10.1. The maximum atomic E-state index is 12.0. The molecule has 0 unspecified atom stereocenters. The van der Waals surface area contributed by atoms with Crippen molar-refractivity contribution < 1.29 is 9.53 Å². The molecule has 0 N–H and O–H groups in total. The zero-order valence-corrected chi connectivity index (χ0v) is 12.4. The molecular formula is C13H13BrN4O2. The number of aromatic nitrogens is 4. The Morgan fingerprint density at radius 2 is 2.25 bits per heavy atom. The monoisotopic (exact) mass is 336 g/mol. The summed E-state index contributed by atoms with van der Waals surface area (Å²) >= 11 is 3.45. The fraction of sp³-hybridized carbons (Fsp3) is 0.231. The third-order valence-electron chi connectivity index (χ3n) is 2.50. The van der Waals surface area contributed by atoms with Gasteiger partial charge in [-0.2, -0.15) is 0 Å². The van der Waals surface area contributed by atoms with Gasteiger partial charge in [0.1, 0.15) is 6.33 Å². The second-order valence-electron chi connectivity index (χ2n) is 3.92. The van der Waals surface area contributed by atoms with Crippen LogP contribution in [0.15, 0.2) is 40.6 Å². The summed E-state index contributed by atoms with van der Waals surface area (Å²) in [5.74, 6) is -0.376. The zero-order chi connectivity index (χ0) is 14.4. The molecule has 6 nitrogen and oxygen atoms in total. The van der Waals surface area contributed by atoms with Crippen molar-refractivity contribution in [3.63, 3.8) is 0 Å². The molecule has 0 aliphatic carbocycles. The SMILES string of the molecule is CCOC(=O)/C(=C/c1ccccc1Br)Cn1cnnn1. The first-order valence-corrected chi connectivity index (χ1v) is 6.83. The molecular weight excluding hydrogens is 324 g/mol. The largest absolute Gasteiger partial charge is 0.463 e. The van der Waals surface area contributed by atoms with Crippen molar-refractivity contribution >= 4 is 28.0 Å². The molecule has 20 heavy (non-hydrogen) atoms. The van der Waals surface area contributed by atoms with Crippen molar-refractivity contribution in [3.05, 3.63) is 46.2 Å². The lowest BCUT2D eigenvalue weighted by molar-refractivity contribution is -0.138. The summed E-state index contributed by atoms with van der Waals surface area (Å²) < 4.78 is 7.43. The van der Waals surface area contributed by atoms with Crippen LogP contribution in [0, 0.1) is 0 Å². The van der Waals surface area contributed by atoms with Crippen LogP contribution < -0.4 is 0 Å². The predicted octanol–water partition coefficient (Wildman–Crippen LogP) is 2.08. The Morgan fingerprint density at radius 3 is 2.90 bits per heavy atom. The van der Waals surface area contributed by atoms with Crippen LogP contribution in [0.1, 0.15) is 12.5 Å². The van der Waals surface area contributed by atoms with Crippen LogP contribution in [-0.4, -0.2) is 32.8 Å². The molecule has 1 heterocycles. The van der Waals surface area contributed by atoms with Gasteiger partial charge in [-0.05, 0) is 35.1 Å². The number of carbonyl (C=O) groups excluding carboxylic acids is 1. The van der Waals surface area contributed by atoms with Crippen LogP contribution in [0.2, 0.25) is 0 Å². The fourth-order valence-electron chi connectivity index (χ4n) is 1.60. The molecule has 0 aliphatic rings. The van der Waals surface area contributed by atoms with Gasteiger partial charge in [0.2, 0.25) is 0 Å². The van der Waals surface area contributed by atoms with E-state index in [-0.39, 0.29) is 12.5 Å². The molecule has 1 aromatic heterocycles. The minimum Gasteiger partial charge on any atom is -0.463 e. The van der Waals surface area contributed by atoms with Crippen molar-refractivity contribution in [1.82, 2.24) is 20.2 Å². The van der Waals surface area contributed by atoms with E-state index in [1.165, 1.54) is 11.0 Å². The summed E-state index contributed by atoms with van der Waals surface area (Å²) in [6.07, 6.45) is 3.22. The topological polar surface area (TPSA) is 69.9 Å². The average molecular weight is 337 g/mol.